The lowest BCUT2D eigenvalue weighted by Crippen LogP contribution is -2.40. The van der Waals surface area contributed by atoms with Gasteiger partial charge in [0, 0.05) is 55.8 Å². The van der Waals surface area contributed by atoms with Crippen molar-refractivity contribution in [3.8, 4) is 11.5 Å². The quantitative estimate of drug-likeness (QED) is 0.763. The van der Waals surface area contributed by atoms with Crippen molar-refractivity contribution in [1.82, 2.24) is 14.9 Å². The molecule has 8 nitrogen and oxygen atoms in total. The molecule has 1 aliphatic rings. The smallest absolute Gasteiger partial charge is 0.289 e. The second-order valence-electron chi connectivity index (χ2n) is 6.89. The number of anilines is 1. The van der Waals surface area contributed by atoms with Crippen molar-refractivity contribution >= 4 is 17.5 Å². The van der Waals surface area contributed by atoms with E-state index in [0.717, 1.165) is 25.8 Å². The lowest BCUT2D eigenvalue weighted by Gasteiger charge is -2.32. The van der Waals surface area contributed by atoms with Crippen molar-refractivity contribution in [2.75, 3.05) is 32.6 Å². The van der Waals surface area contributed by atoms with Gasteiger partial charge >= 0.3 is 0 Å². The number of ether oxygens (including phenoxy) is 2. The number of nitrogens with one attached hydrogen (secondary N) is 2. The fourth-order valence-electron chi connectivity index (χ4n) is 3.46. The Morgan fingerprint density at radius 2 is 2.00 bits per heavy atom. The van der Waals surface area contributed by atoms with Gasteiger partial charge in [0.2, 0.25) is 5.91 Å². The number of likely N-dealkylation sites (tertiary alicyclic amines) is 1. The van der Waals surface area contributed by atoms with Crippen LogP contribution in [0.4, 0.5) is 5.69 Å². The Labute approximate surface area is 164 Å². The zero-order valence-corrected chi connectivity index (χ0v) is 16.2. The van der Waals surface area contributed by atoms with Crippen LogP contribution in [0.1, 0.15) is 36.3 Å². The monoisotopic (exact) mass is 386 g/mol. The minimum Gasteiger partial charge on any atom is -0.497 e. The number of carbonyl (C=O) groups excluding carboxylic acids is 2. The molecule has 2 aromatic rings. The first kappa shape index (κ1) is 19.7. The third-order valence-corrected chi connectivity index (χ3v) is 4.92. The van der Waals surface area contributed by atoms with Crippen LogP contribution in [0.25, 0.3) is 0 Å². The predicted octanol–water partition coefficient (Wildman–Crippen LogP) is 2.70. The second kappa shape index (κ2) is 9.25. The van der Waals surface area contributed by atoms with Gasteiger partial charge in [-0.15, -0.1) is 0 Å². The summed E-state index contributed by atoms with van der Waals surface area (Å²) in [5.74, 6) is 1.76. The molecule has 1 fully saturated rings. The fraction of sp³-hybridized carbons (Fsp3) is 0.450. The molecule has 2 N–H and O–H groups in total. The molecule has 1 aromatic heterocycles. The third kappa shape index (κ3) is 5.03. The normalized spacial score (nSPS) is 16.5. The first-order valence-electron chi connectivity index (χ1n) is 9.40. The Hall–Kier alpha value is -3.03. The molecule has 0 spiro atoms. The standard InChI is InChI=1S/C20H26N4O4/c1-27-16-10-15(11-17(12-16)28-2)23-18(25)6-5-14-4-3-9-24(13-14)20(26)19-21-7-8-22-19/h7-8,10-12,14H,3-6,9,13H2,1-2H3,(H,21,22)(H,23,25)/t14-/m1/s1. The molecule has 0 unspecified atom stereocenters. The molecule has 8 heteroatoms. The zero-order chi connectivity index (χ0) is 19.9. The summed E-state index contributed by atoms with van der Waals surface area (Å²) in [5, 5.41) is 2.89. The van der Waals surface area contributed by atoms with E-state index >= 15 is 0 Å². The summed E-state index contributed by atoms with van der Waals surface area (Å²) in [4.78, 5) is 33.5. The predicted molar refractivity (Wildman–Crippen MR) is 105 cm³/mol. The van der Waals surface area contributed by atoms with Crippen molar-refractivity contribution in [3.05, 3.63) is 36.4 Å². The molecule has 1 aliphatic heterocycles. The van der Waals surface area contributed by atoms with Gasteiger partial charge in [-0.05, 0) is 25.2 Å². The van der Waals surface area contributed by atoms with Gasteiger partial charge in [0.1, 0.15) is 11.5 Å². The minimum absolute atomic E-state index is 0.0650. The van der Waals surface area contributed by atoms with Crippen molar-refractivity contribution < 1.29 is 19.1 Å². The van der Waals surface area contributed by atoms with Crippen LogP contribution in [0.15, 0.2) is 30.6 Å². The second-order valence-corrected chi connectivity index (χ2v) is 6.89. The molecule has 28 heavy (non-hydrogen) atoms. The number of rotatable bonds is 7. The number of amides is 2. The average molecular weight is 386 g/mol. The van der Waals surface area contributed by atoms with E-state index in [4.69, 9.17) is 9.47 Å². The molecule has 2 heterocycles. The Bertz CT molecular complexity index is 784. The van der Waals surface area contributed by atoms with Gasteiger partial charge in [-0.2, -0.15) is 0 Å². The van der Waals surface area contributed by atoms with Crippen molar-refractivity contribution in [2.24, 2.45) is 5.92 Å². The third-order valence-electron chi connectivity index (χ3n) is 4.92. The van der Waals surface area contributed by atoms with Gasteiger partial charge in [0.05, 0.1) is 14.2 Å². The molecule has 0 bridgehead atoms. The van der Waals surface area contributed by atoms with Crippen LogP contribution in [0.5, 0.6) is 11.5 Å². The van der Waals surface area contributed by atoms with Crippen LogP contribution in [-0.4, -0.2) is 54.0 Å². The van der Waals surface area contributed by atoms with E-state index in [2.05, 4.69) is 15.3 Å². The molecule has 0 radical (unpaired) electrons. The van der Waals surface area contributed by atoms with E-state index in [-0.39, 0.29) is 11.8 Å². The molecule has 1 aromatic carbocycles. The Balaban J connectivity index is 1.51. The molecular formula is C20H26N4O4. The van der Waals surface area contributed by atoms with Gasteiger partial charge in [-0.1, -0.05) is 0 Å². The number of carbonyl (C=O) groups is 2. The fourth-order valence-corrected chi connectivity index (χ4v) is 3.46. The van der Waals surface area contributed by atoms with Gasteiger partial charge in [0.15, 0.2) is 5.82 Å². The van der Waals surface area contributed by atoms with E-state index in [1.807, 2.05) is 4.90 Å². The number of H-pyrrole nitrogens is 1. The number of aromatic nitrogens is 2. The summed E-state index contributed by atoms with van der Waals surface area (Å²) in [6.45, 7) is 1.38. The topological polar surface area (TPSA) is 96.5 Å². The lowest BCUT2D eigenvalue weighted by molar-refractivity contribution is -0.116. The Morgan fingerprint density at radius 1 is 1.25 bits per heavy atom. The summed E-state index contributed by atoms with van der Waals surface area (Å²) in [5.41, 5.74) is 0.638. The molecular weight excluding hydrogens is 360 g/mol. The maximum atomic E-state index is 12.4. The SMILES string of the molecule is COc1cc(NC(=O)CC[C@H]2CCCN(C(=O)c3ncc[nH]3)C2)cc(OC)c1. The Kier molecular flexibility index (Phi) is 6.52. The summed E-state index contributed by atoms with van der Waals surface area (Å²) in [7, 11) is 3.14. The summed E-state index contributed by atoms with van der Waals surface area (Å²) < 4.78 is 10.4. The van der Waals surface area contributed by atoms with E-state index in [1.165, 1.54) is 0 Å². The number of hydrogen-bond donors (Lipinski definition) is 2. The molecule has 0 aliphatic carbocycles. The van der Waals surface area contributed by atoms with Gasteiger partial charge in [0.25, 0.3) is 5.91 Å². The highest BCUT2D eigenvalue weighted by Gasteiger charge is 2.26. The minimum atomic E-state index is -0.0809. The number of piperidine rings is 1. The van der Waals surface area contributed by atoms with Crippen LogP contribution in [-0.2, 0) is 4.79 Å². The molecule has 2 amide bonds. The highest BCUT2D eigenvalue weighted by atomic mass is 16.5. The zero-order valence-electron chi connectivity index (χ0n) is 16.2. The molecule has 1 atom stereocenters. The number of benzene rings is 1. The maximum Gasteiger partial charge on any atom is 0.289 e. The summed E-state index contributed by atoms with van der Waals surface area (Å²) in [6.07, 6.45) is 6.30. The maximum absolute atomic E-state index is 12.4. The first-order chi connectivity index (χ1) is 13.6. The van der Waals surface area contributed by atoms with Crippen molar-refractivity contribution in [2.45, 2.75) is 25.7 Å². The van der Waals surface area contributed by atoms with Crippen LogP contribution >= 0.6 is 0 Å². The van der Waals surface area contributed by atoms with Gasteiger partial charge in [-0.3, -0.25) is 9.59 Å². The Morgan fingerprint density at radius 3 is 2.64 bits per heavy atom. The number of imidazole rings is 1. The molecule has 3 rings (SSSR count). The summed E-state index contributed by atoms with van der Waals surface area (Å²) >= 11 is 0. The number of nitrogens with zero attached hydrogens (tertiary/aromatic N) is 2. The van der Waals surface area contributed by atoms with E-state index in [1.54, 1.807) is 44.8 Å². The molecule has 1 saturated heterocycles. The first-order valence-corrected chi connectivity index (χ1v) is 9.40. The number of aromatic amines is 1. The highest BCUT2D eigenvalue weighted by molar-refractivity contribution is 5.91. The molecule has 0 saturated carbocycles. The van der Waals surface area contributed by atoms with Gasteiger partial charge in [-0.25, -0.2) is 4.98 Å². The van der Waals surface area contributed by atoms with Crippen LogP contribution in [0.3, 0.4) is 0 Å². The number of methoxy groups -OCH3 is 2. The van der Waals surface area contributed by atoms with E-state index in [0.29, 0.717) is 41.9 Å². The van der Waals surface area contributed by atoms with E-state index < -0.39 is 0 Å². The average Bonchev–Trinajstić information content (AvgIpc) is 3.26. The van der Waals surface area contributed by atoms with Crippen LogP contribution in [0.2, 0.25) is 0 Å². The van der Waals surface area contributed by atoms with Crippen LogP contribution in [0, 0.1) is 5.92 Å². The van der Waals surface area contributed by atoms with E-state index in [9.17, 15) is 9.59 Å². The number of hydrogen-bond acceptors (Lipinski definition) is 5. The summed E-state index contributed by atoms with van der Waals surface area (Å²) in [6, 6.07) is 5.26. The van der Waals surface area contributed by atoms with Crippen molar-refractivity contribution in [3.63, 3.8) is 0 Å². The van der Waals surface area contributed by atoms with Crippen LogP contribution < -0.4 is 14.8 Å². The largest absolute Gasteiger partial charge is 0.497 e. The highest BCUT2D eigenvalue weighted by Crippen LogP contribution is 2.26. The lowest BCUT2D eigenvalue weighted by atomic mass is 9.93. The molecule has 150 valence electrons. The van der Waals surface area contributed by atoms with Crippen molar-refractivity contribution in [1.29, 1.82) is 0 Å². The van der Waals surface area contributed by atoms with Gasteiger partial charge < -0.3 is 24.7 Å².